The van der Waals surface area contributed by atoms with E-state index in [-0.39, 0.29) is 11.4 Å². The second kappa shape index (κ2) is 3.92. The topological polar surface area (TPSA) is 101 Å². The van der Waals surface area contributed by atoms with Crippen molar-refractivity contribution in [2.24, 2.45) is 0 Å². The van der Waals surface area contributed by atoms with Crippen LogP contribution in [0.3, 0.4) is 0 Å². The van der Waals surface area contributed by atoms with Gasteiger partial charge in [0, 0.05) is 5.56 Å². The number of anilines is 1. The molecule has 0 aliphatic heterocycles. The van der Waals surface area contributed by atoms with Gasteiger partial charge in [-0.1, -0.05) is 0 Å². The number of phenolic OH excluding ortho intramolecular Hbond substituents is 1. The van der Waals surface area contributed by atoms with E-state index >= 15 is 0 Å². The highest BCUT2D eigenvalue weighted by atomic mass is 16.3. The summed E-state index contributed by atoms with van der Waals surface area (Å²) in [5.74, 6) is 1.69. The minimum atomic E-state index is 0.0422. The first-order valence-electron chi connectivity index (χ1n) is 5.29. The zero-order valence-corrected chi connectivity index (χ0v) is 9.29. The lowest BCUT2D eigenvalue weighted by Crippen LogP contribution is -1.87. The third-order valence-electron chi connectivity index (χ3n) is 2.53. The van der Waals surface area contributed by atoms with Crippen LogP contribution in [0.15, 0.2) is 41.0 Å². The van der Waals surface area contributed by atoms with Crippen molar-refractivity contribution in [3.05, 3.63) is 36.6 Å². The van der Waals surface area contributed by atoms with Crippen LogP contribution < -0.4 is 5.73 Å². The van der Waals surface area contributed by atoms with Crippen molar-refractivity contribution in [3.63, 3.8) is 0 Å². The average molecular weight is 242 g/mol. The molecule has 2 heterocycles. The minimum Gasteiger partial charge on any atom is -0.506 e. The Labute approximate surface area is 102 Å². The maximum Gasteiger partial charge on any atom is 0.192 e. The SMILES string of the molecule is Nc1cc(-c2n[nH]c(-c3ccco3)n2)ccc1O. The van der Waals surface area contributed by atoms with Gasteiger partial charge in [-0.3, -0.25) is 5.10 Å². The fraction of sp³-hybridized carbons (Fsp3) is 0. The van der Waals surface area contributed by atoms with Crippen molar-refractivity contribution < 1.29 is 9.52 Å². The first-order valence-corrected chi connectivity index (χ1v) is 5.29. The van der Waals surface area contributed by atoms with Gasteiger partial charge >= 0.3 is 0 Å². The third kappa shape index (κ3) is 1.69. The van der Waals surface area contributed by atoms with Gasteiger partial charge in [0.25, 0.3) is 0 Å². The highest BCUT2D eigenvalue weighted by molar-refractivity contribution is 5.66. The average Bonchev–Trinajstić information content (AvgIpc) is 3.01. The van der Waals surface area contributed by atoms with E-state index in [0.717, 1.165) is 5.56 Å². The molecule has 3 rings (SSSR count). The summed E-state index contributed by atoms with van der Waals surface area (Å²) in [6.45, 7) is 0. The smallest absolute Gasteiger partial charge is 0.192 e. The van der Waals surface area contributed by atoms with Crippen LogP contribution in [0.4, 0.5) is 5.69 Å². The molecule has 4 N–H and O–H groups in total. The molecule has 0 aliphatic rings. The number of hydrogen-bond donors (Lipinski definition) is 3. The van der Waals surface area contributed by atoms with Crippen LogP contribution in [-0.2, 0) is 0 Å². The van der Waals surface area contributed by atoms with Gasteiger partial charge in [0.05, 0.1) is 12.0 Å². The van der Waals surface area contributed by atoms with Crippen LogP contribution in [0.1, 0.15) is 0 Å². The summed E-state index contributed by atoms with van der Waals surface area (Å²) in [6, 6.07) is 8.38. The molecule has 3 aromatic rings. The summed E-state index contributed by atoms with van der Waals surface area (Å²) in [7, 11) is 0. The van der Waals surface area contributed by atoms with E-state index in [2.05, 4.69) is 15.2 Å². The van der Waals surface area contributed by atoms with E-state index in [1.54, 1.807) is 30.5 Å². The Morgan fingerprint density at radius 2 is 2.17 bits per heavy atom. The summed E-state index contributed by atoms with van der Waals surface area (Å²) in [5, 5.41) is 16.2. The number of furan rings is 1. The van der Waals surface area contributed by atoms with E-state index in [1.807, 2.05) is 0 Å². The molecule has 1 aromatic carbocycles. The minimum absolute atomic E-state index is 0.0422. The molecule has 90 valence electrons. The number of phenols is 1. The number of nitrogens with one attached hydrogen (secondary N) is 1. The second-order valence-electron chi connectivity index (χ2n) is 3.76. The van der Waals surface area contributed by atoms with Crippen LogP contribution >= 0.6 is 0 Å². The predicted molar refractivity (Wildman–Crippen MR) is 65.6 cm³/mol. The molecule has 0 saturated heterocycles. The third-order valence-corrected chi connectivity index (χ3v) is 2.53. The molecule has 2 aromatic heterocycles. The quantitative estimate of drug-likeness (QED) is 0.471. The highest BCUT2D eigenvalue weighted by Gasteiger charge is 2.10. The van der Waals surface area contributed by atoms with E-state index in [0.29, 0.717) is 17.4 Å². The number of aromatic hydroxyl groups is 1. The lowest BCUT2D eigenvalue weighted by Gasteiger charge is -1.99. The van der Waals surface area contributed by atoms with Gasteiger partial charge in [-0.25, -0.2) is 4.98 Å². The fourth-order valence-corrected chi connectivity index (χ4v) is 1.61. The molecule has 6 nitrogen and oxygen atoms in total. The maximum absolute atomic E-state index is 9.36. The Morgan fingerprint density at radius 3 is 2.89 bits per heavy atom. The number of aromatic nitrogens is 3. The van der Waals surface area contributed by atoms with Crippen molar-refractivity contribution in [1.82, 2.24) is 15.2 Å². The maximum atomic E-state index is 9.36. The van der Waals surface area contributed by atoms with Gasteiger partial charge in [-0.2, -0.15) is 5.10 Å². The number of benzene rings is 1. The summed E-state index contributed by atoms with van der Waals surface area (Å²) in [6.07, 6.45) is 1.57. The molecule has 0 radical (unpaired) electrons. The largest absolute Gasteiger partial charge is 0.506 e. The molecule has 0 spiro atoms. The molecular weight excluding hydrogens is 232 g/mol. The molecule has 6 heteroatoms. The Morgan fingerprint density at radius 1 is 1.28 bits per heavy atom. The Balaban J connectivity index is 2.00. The van der Waals surface area contributed by atoms with Gasteiger partial charge in [0.1, 0.15) is 5.75 Å². The molecule has 18 heavy (non-hydrogen) atoms. The standard InChI is InChI=1S/C12H10N4O2/c13-8-6-7(3-4-9(8)17)11-14-12(16-15-11)10-2-1-5-18-10/h1-6,17H,13H2,(H,14,15,16). The van der Waals surface area contributed by atoms with Crippen LogP contribution in [0.5, 0.6) is 5.75 Å². The Hall–Kier alpha value is -2.76. The van der Waals surface area contributed by atoms with Gasteiger partial charge in [-0.05, 0) is 30.3 Å². The monoisotopic (exact) mass is 242 g/mol. The number of hydrogen-bond acceptors (Lipinski definition) is 5. The van der Waals surface area contributed by atoms with Gasteiger partial charge < -0.3 is 15.3 Å². The first kappa shape index (κ1) is 10.4. The summed E-state index contributed by atoms with van der Waals surface area (Å²) in [4.78, 5) is 4.30. The van der Waals surface area contributed by atoms with Crippen LogP contribution in [0.2, 0.25) is 0 Å². The van der Waals surface area contributed by atoms with E-state index in [9.17, 15) is 5.11 Å². The van der Waals surface area contributed by atoms with E-state index in [1.165, 1.54) is 6.07 Å². The highest BCUT2D eigenvalue weighted by Crippen LogP contribution is 2.26. The first-order chi connectivity index (χ1) is 8.74. The van der Waals surface area contributed by atoms with Crippen molar-refractivity contribution in [3.8, 4) is 28.7 Å². The second-order valence-corrected chi connectivity index (χ2v) is 3.76. The van der Waals surface area contributed by atoms with Crippen molar-refractivity contribution in [1.29, 1.82) is 0 Å². The molecule has 0 unspecified atom stereocenters. The molecule has 0 aliphatic carbocycles. The van der Waals surface area contributed by atoms with E-state index < -0.39 is 0 Å². The molecule has 0 atom stereocenters. The van der Waals surface area contributed by atoms with Crippen molar-refractivity contribution in [2.45, 2.75) is 0 Å². The molecule has 0 amide bonds. The normalized spacial score (nSPS) is 10.7. The number of nitrogens with two attached hydrogens (primary N) is 1. The number of rotatable bonds is 2. The van der Waals surface area contributed by atoms with Crippen LogP contribution in [-0.4, -0.2) is 20.3 Å². The Kier molecular flexibility index (Phi) is 2.26. The summed E-state index contributed by atoms with van der Waals surface area (Å²) < 4.78 is 5.21. The van der Waals surface area contributed by atoms with E-state index in [4.69, 9.17) is 10.2 Å². The fourth-order valence-electron chi connectivity index (χ4n) is 1.61. The zero-order valence-electron chi connectivity index (χ0n) is 9.29. The molecule has 0 saturated carbocycles. The lowest BCUT2D eigenvalue weighted by atomic mass is 10.2. The number of aromatic amines is 1. The lowest BCUT2D eigenvalue weighted by molar-refractivity contribution is 0.478. The van der Waals surface area contributed by atoms with Crippen LogP contribution in [0.25, 0.3) is 23.0 Å². The summed E-state index contributed by atoms with van der Waals surface area (Å²) in [5.41, 5.74) is 6.64. The zero-order chi connectivity index (χ0) is 12.5. The van der Waals surface area contributed by atoms with Crippen molar-refractivity contribution >= 4 is 5.69 Å². The van der Waals surface area contributed by atoms with Gasteiger partial charge in [0.15, 0.2) is 17.4 Å². The number of nitrogens with zero attached hydrogens (tertiary/aromatic N) is 2. The predicted octanol–water partition coefficient (Wildman–Crippen LogP) is 2.02. The molecular formula is C12H10N4O2. The Bertz CT molecular complexity index is 673. The van der Waals surface area contributed by atoms with Crippen molar-refractivity contribution in [2.75, 3.05) is 5.73 Å². The molecule has 0 fully saturated rings. The number of H-pyrrole nitrogens is 1. The molecule has 0 bridgehead atoms. The van der Waals surface area contributed by atoms with Gasteiger partial charge in [-0.15, -0.1) is 0 Å². The van der Waals surface area contributed by atoms with Gasteiger partial charge in [0.2, 0.25) is 0 Å². The summed E-state index contributed by atoms with van der Waals surface area (Å²) >= 11 is 0. The number of nitrogen functional groups attached to an aromatic ring is 1. The van der Waals surface area contributed by atoms with Crippen LogP contribution in [0, 0.1) is 0 Å².